The first-order valence-electron chi connectivity index (χ1n) is 3.19. The van der Waals surface area contributed by atoms with E-state index in [-0.39, 0.29) is 11.1 Å². The molecule has 3 heteroatoms. The number of hydrogen-bond acceptors (Lipinski definition) is 0. The van der Waals surface area contributed by atoms with Gasteiger partial charge in [0.25, 0.3) is 0 Å². The average Bonchev–Trinajstić information content (AvgIpc) is 2.05. The quantitative estimate of drug-likeness (QED) is 0.672. The van der Waals surface area contributed by atoms with E-state index in [1.165, 1.54) is 24.3 Å². The number of alkyl halides is 2. The molecule has 0 aliphatic rings. The second-order valence-electron chi connectivity index (χ2n) is 2.17. The molecule has 0 radical (unpaired) electrons. The van der Waals surface area contributed by atoms with Crippen molar-refractivity contribution in [2.45, 2.75) is 6.17 Å². The second kappa shape index (κ2) is 3.81. The van der Waals surface area contributed by atoms with Crippen molar-refractivity contribution in [2.24, 2.45) is 0 Å². The third kappa shape index (κ3) is 2.26. The molecule has 0 fully saturated rings. The molecule has 60 valence electrons. The van der Waals surface area contributed by atoms with E-state index in [0.29, 0.717) is 5.56 Å². The summed E-state index contributed by atoms with van der Waals surface area (Å²) in [6, 6.07) is 5.40. The molecule has 0 spiro atoms. The van der Waals surface area contributed by atoms with Crippen molar-refractivity contribution in [3.8, 4) is 0 Å². The molecule has 0 aliphatic heterocycles. The highest BCUT2D eigenvalue weighted by molar-refractivity contribution is 9.09. The smallest absolute Gasteiger partial charge is 0.135 e. The van der Waals surface area contributed by atoms with Crippen molar-refractivity contribution in [1.29, 1.82) is 0 Å². The second-order valence-corrected chi connectivity index (χ2v) is 2.82. The topological polar surface area (TPSA) is 0 Å². The lowest BCUT2D eigenvalue weighted by molar-refractivity contribution is 0.382. The van der Waals surface area contributed by atoms with Crippen molar-refractivity contribution in [3.63, 3.8) is 0 Å². The first-order chi connectivity index (χ1) is 5.24. The van der Waals surface area contributed by atoms with Crippen LogP contribution in [0.15, 0.2) is 24.3 Å². The Morgan fingerprint density at radius 3 is 2.27 bits per heavy atom. The lowest BCUT2D eigenvalue weighted by atomic mass is 10.1. The predicted octanol–water partition coefficient (Wildman–Crippen LogP) is 3.23. The summed E-state index contributed by atoms with van der Waals surface area (Å²) in [4.78, 5) is 0. The van der Waals surface area contributed by atoms with Crippen LogP contribution in [0.4, 0.5) is 8.78 Å². The Kier molecular flexibility index (Phi) is 3.00. The number of hydrogen-bond donors (Lipinski definition) is 0. The minimum atomic E-state index is -1.05. The van der Waals surface area contributed by atoms with E-state index in [4.69, 9.17) is 0 Å². The van der Waals surface area contributed by atoms with Crippen molar-refractivity contribution in [1.82, 2.24) is 0 Å². The van der Waals surface area contributed by atoms with Crippen molar-refractivity contribution in [3.05, 3.63) is 35.6 Å². The van der Waals surface area contributed by atoms with Gasteiger partial charge in [-0.05, 0) is 17.7 Å². The highest BCUT2D eigenvalue weighted by Crippen LogP contribution is 2.19. The normalized spacial score (nSPS) is 13.0. The van der Waals surface area contributed by atoms with Crippen molar-refractivity contribution in [2.75, 3.05) is 5.33 Å². The monoisotopic (exact) mass is 220 g/mol. The molecule has 0 unspecified atom stereocenters. The van der Waals surface area contributed by atoms with Crippen molar-refractivity contribution < 1.29 is 8.78 Å². The summed E-state index contributed by atoms with van der Waals surface area (Å²) < 4.78 is 25.1. The summed E-state index contributed by atoms with van der Waals surface area (Å²) in [6.07, 6.45) is -1.05. The Labute approximate surface area is 72.4 Å². The van der Waals surface area contributed by atoms with Crippen LogP contribution in [0.25, 0.3) is 0 Å². The van der Waals surface area contributed by atoms with Gasteiger partial charge in [-0.2, -0.15) is 0 Å². The molecule has 1 rings (SSSR count). The van der Waals surface area contributed by atoms with Gasteiger partial charge in [-0.3, -0.25) is 0 Å². The fourth-order valence-corrected chi connectivity index (χ4v) is 1.13. The van der Waals surface area contributed by atoms with Crippen LogP contribution in [0.1, 0.15) is 11.7 Å². The van der Waals surface area contributed by atoms with Gasteiger partial charge in [0.2, 0.25) is 0 Å². The van der Waals surface area contributed by atoms with Gasteiger partial charge in [0.1, 0.15) is 12.0 Å². The Morgan fingerprint density at radius 1 is 1.27 bits per heavy atom. The van der Waals surface area contributed by atoms with E-state index < -0.39 is 6.17 Å². The molecule has 1 atom stereocenters. The van der Waals surface area contributed by atoms with Crippen LogP contribution in [0.5, 0.6) is 0 Å². The van der Waals surface area contributed by atoms with Gasteiger partial charge in [-0.15, -0.1) is 0 Å². The summed E-state index contributed by atoms with van der Waals surface area (Å²) in [5, 5.41) is 0.249. The lowest BCUT2D eigenvalue weighted by Gasteiger charge is -2.02. The molecule has 0 heterocycles. The maximum absolute atomic E-state index is 12.8. The standard InChI is InChI=1S/C8H7BrF2/c9-5-8(11)6-1-3-7(10)4-2-6/h1-4,8H,5H2/t8-/m0/s1. The Balaban J connectivity index is 2.81. The Morgan fingerprint density at radius 2 is 1.82 bits per heavy atom. The molecule has 1 aromatic carbocycles. The molecule has 0 bridgehead atoms. The number of rotatable bonds is 2. The highest BCUT2D eigenvalue weighted by Gasteiger charge is 2.06. The predicted molar refractivity (Wildman–Crippen MR) is 44.0 cm³/mol. The zero-order valence-corrected chi connectivity index (χ0v) is 7.31. The minimum Gasteiger partial charge on any atom is -0.241 e. The van der Waals surface area contributed by atoms with E-state index in [9.17, 15) is 8.78 Å². The summed E-state index contributed by atoms with van der Waals surface area (Å²) in [5.41, 5.74) is 0.503. The molecule has 0 N–H and O–H groups in total. The summed E-state index contributed by atoms with van der Waals surface area (Å²) >= 11 is 3.00. The molecular weight excluding hydrogens is 214 g/mol. The largest absolute Gasteiger partial charge is 0.241 e. The van der Waals surface area contributed by atoms with E-state index in [1.807, 2.05) is 0 Å². The molecular formula is C8H7BrF2. The zero-order valence-electron chi connectivity index (χ0n) is 5.73. The first kappa shape index (κ1) is 8.65. The fraction of sp³-hybridized carbons (Fsp3) is 0.250. The van der Waals surface area contributed by atoms with Gasteiger partial charge < -0.3 is 0 Å². The number of halogens is 3. The SMILES string of the molecule is Fc1ccc([C@@H](F)CBr)cc1. The average molecular weight is 221 g/mol. The molecule has 11 heavy (non-hydrogen) atoms. The van der Waals surface area contributed by atoms with E-state index in [2.05, 4.69) is 15.9 Å². The summed E-state index contributed by atoms with van der Waals surface area (Å²) in [6.45, 7) is 0. The van der Waals surface area contributed by atoms with Gasteiger partial charge in [0, 0.05) is 5.33 Å². The summed E-state index contributed by atoms with van der Waals surface area (Å²) in [5.74, 6) is -0.337. The molecule has 0 saturated heterocycles. The van der Waals surface area contributed by atoms with Crippen LogP contribution in [0.3, 0.4) is 0 Å². The van der Waals surface area contributed by atoms with Crippen LogP contribution < -0.4 is 0 Å². The van der Waals surface area contributed by atoms with Crippen LogP contribution in [0.2, 0.25) is 0 Å². The van der Waals surface area contributed by atoms with Gasteiger partial charge >= 0.3 is 0 Å². The zero-order chi connectivity index (χ0) is 8.27. The Hall–Kier alpha value is -0.440. The van der Waals surface area contributed by atoms with Crippen molar-refractivity contribution >= 4 is 15.9 Å². The summed E-state index contributed by atoms with van der Waals surface area (Å²) in [7, 11) is 0. The molecule has 1 aromatic rings. The van der Waals surface area contributed by atoms with Crippen LogP contribution in [-0.2, 0) is 0 Å². The maximum atomic E-state index is 12.8. The van der Waals surface area contributed by atoms with Gasteiger partial charge in [0.05, 0.1) is 0 Å². The third-order valence-electron chi connectivity index (χ3n) is 1.37. The van der Waals surface area contributed by atoms with Gasteiger partial charge in [0.15, 0.2) is 0 Å². The van der Waals surface area contributed by atoms with Crippen LogP contribution >= 0.6 is 15.9 Å². The maximum Gasteiger partial charge on any atom is 0.135 e. The first-order valence-corrected chi connectivity index (χ1v) is 4.31. The van der Waals surface area contributed by atoms with Crippen LogP contribution in [-0.4, -0.2) is 5.33 Å². The van der Waals surface area contributed by atoms with E-state index >= 15 is 0 Å². The minimum absolute atomic E-state index is 0.249. The highest BCUT2D eigenvalue weighted by atomic mass is 79.9. The third-order valence-corrected chi connectivity index (χ3v) is 1.94. The van der Waals surface area contributed by atoms with Gasteiger partial charge in [-0.1, -0.05) is 28.1 Å². The molecule has 0 aromatic heterocycles. The lowest BCUT2D eigenvalue weighted by Crippen LogP contribution is -1.91. The fourth-order valence-electron chi connectivity index (χ4n) is 0.761. The molecule has 0 saturated carbocycles. The van der Waals surface area contributed by atoms with Crippen LogP contribution in [0, 0.1) is 5.82 Å². The van der Waals surface area contributed by atoms with Gasteiger partial charge in [-0.25, -0.2) is 8.78 Å². The molecule has 0 aliphatic carbocycles. The van der Waals surface area contributed by atoms with E-state index in [1.54, 1.807) is 0 Å². The Bertz CT molecular complexity index is 220. The molecule has 0 amide bonds. The number of benzene rings is 1. The van der Waals surface area contributed by atoms with E-state index in [0.717, 1.165) is 0 Å². The molecule has 0 nitrogen and oxygen atoms in total.